The molecule has 2 aliphatic rings. The second kappa shape index (κ2) is 8.62. The molecule has 1 heterocycles. The van der Waals surface area contributed by atoms with Crippen molar-refractivity contribution in [2.24, 2.45) is 5.92 Å². The van der Waals surface area contributed by atoms with Gasteiger partial charge in [-0.05, 0) is 30.9 Å². The summed E-state index contributed by atoms with van der Waals surface area (Å²) in [5.74, 6) is 1.32. The Morgan fingerprint density at radius 1 is 1.14 bits per heavy atom. The zero-order valence-corrected chi connectivity index (χ0v) is 13.9. The fourth-order valence-electron chi connectivity index (χ4n) is 3.10. The predicted molar refractivity (Wildman–Crippen MR) is 88.0 cm³/mol. The van der Waals surface area contributed by atoms with Crippen molar-refractivity contribution in [3.05, 3.63) is 11.0 Å². The number of nitrogens with zero attached hydrogens (tertiary/aromatic N) is 1. The first-order valence-electron chi connectivity index (χ1n) is 8.42. The van der Waals surface area contributed by atoms with Gasteiger partial charge in [-0.3, -0.25) is 14.5 Å². The molecule has 118 valence electrons. The SMILES string of the molecule is CCCCCCSC1=CC(=O)N(CC2CCCCC2)C1=O. The maximum Gasteiger partial charge on any atom is 0.267 e. The predicted octanol–water partition coefficient (Wildman–Crippen LogP) is 4.13. The summed E-state index contributed by atoms with van der Waals surface area (Å²) in [5.41, 5.74) is 0. The molecule has 1 aliphatic heterocycles. The first-order chi connectivity index (χ1) is 10.2. The van der Waals surface area contributed by atoms with Crippen LogP contribution in [0.4, 0.5) is 0 Å². The zero-order valence-electron chi connectivity index (χ0n) is 13.1. The van der Waals surface area contributed by atoms with Crippen LogP contribution in [-0.4, -0.2) is 29.0 Å². The van der Waals surface area contributed by atoms with Gasteiger partial charge in [0, 0.05) is 12.6 Å². The Morgan fingerprint density at radius 2 is 1.90 bits per heavy atom. The van der Waals surface area contributed by atoms with Crippen LogP contribution in [0.2, 0.25) is 0 Å². The second-order valence-corrected chi connectivity index (χ2v) is 7.31. The zero-order chi connectivity index (χ0) is 15.1. The van der Waals surface area contributed by atoms with E-state index in [0.717, 1.165) is 25.0 Å². The Morgan fingerprint density at radius 3 is 2.62 bits per heavy atom. The minimum atomic E-state index is -0.0957. The van der Waals surface area contributed by atoms with Crippen LogP contribution >= 0.6 is 11.8 Å². The fourth-order valence-corrected chi connectivity index (χ4v) is 4.09. The normalized spacial score (nSPS) is 20.2. The highest BCUT2D eigenvalue weighted by Gasteiger charge is 2.32. The van der Waals surface area contributed by atoms with Crippen molar-refractivity contribution in [3.63, 3.8) is 0 Å². The number of amides is 2. The number of hydrogen-bond donors (Lipinski definition) is 0. The van der Waals surface area contributed by atoms with E-state index in [1.165, 1.54) is 43.4 Å². The smallest absolute Gasteiger partial charge is 0.267 e. The minimum absolute atomic E-state index is 0.0499. The monoisotopic (exact) mass is 309 g/mol. The van der Waals surface area contributed by atoms with Crippen LogP contribution in [0.5, 0.6) is 0 Å². The molecular weight excluding hydrogens is 282 g/mol. The van der Waals surface area contributed by atoms with Crippen molar-refractivity contribution in [1.29, 1.82) is 0 Å². The maximum absolute atomic E-state index is 12.3. The Labute approximate surface area is 132 Å². The van der Waals surface area contributed by atoms with Crippen molar-refractivity contribution in [2.75, 3.05) is 12.3 Å². The molecule has 0 aromatic heterocycles. The van der Waals surface area contributed by atoms with E-state index < -0.39 is 0 Å². The van der Waals surface area contributed by atoms with E-state index in [4.69, 9.17) is 0 Å². The summed E-state index contributed by atoms with van der Waals surface area (Å²) in [6.45, 7) is 2.83. The van der Waals surface area contributed by atoms with Crippen molar-refractivity contribution in [2.45, 2.75) is 64.7 Å². The topological polar surface area (TPSA) is 37.4 Å². The highest BCUT2D eigenvalue weighted by atomic mass is 32.2. The maximum atomic E-state index is 12.3. The van der Waals surface area contributed by atoms with Gasteiger partial charge in [-0.25, -0.2) is 0 Å². The lowest BCUT2D eigenvalue weighted by Crippen LogP contribution is -2.36. The number of thioether (sulfide) groups is 1. The largest absolute Gasteiger partial charge is 0.274 e. The van der Waals surface area contributed by atoms with Gasteiger partial charge in [0.1, 0.15) is 0 Å². The quantitative estimate of drug-likeness (QED) is 0.499. The molecule has 1 fully saturated rings. The third-order valence-electron chi connectivity index (χ3n) is 4.40. The molecular formula is C17H27NO2S. The standard InChI is InChI=1S/C17H27NO2S/c1-2-3-4-8-11-21-15-12-16(19)18(17(15)20)13-14-9-6-5-7-10-14/h12,14H,2-11,13H2,1H3. The molecule has 21 heavy (non-hydrogen) atoms. The Hall–Kier alpha value is -0.770. The van der Waals surface area contributed by atoms with Crippen LogP contribution in [0.25, 0.3) is 0 Å². The summed E-state index contributed by atoms with van der Waals surface area (Å²) >= 11 is 1.56. The average molecular weight is 309 g/mol. The Balaban J connectivity index is 1.76. The molecule has 0 N–H and O–H groups in total. The average Bonchev–Trinajstić information content (AvgIpc) is 2.76. The first-order valence-corrected chi connectivity index (χ1v) is 9.41. The molecule has 0 aromatic rings. The number of carbonyl (C=O) groups is 2. The van der Waals surface area contributed by atoms with Crippen LogP contribution in [0, 0.1) is 5.92 Å². The molecule has 1 aliphatic carbocycles. The number of imide groups is 1. The molecule has 2 rings (SSSR count). The molecule has 2 amide bonds. The van der Waals surface area contributed by atoms with Gasteiger partial charge in [0.25, 0.3) is 11.8 Å². The number of hydrogen-bond acceptors (Lipinski definition) is 3. The van der Waals surface area contributed by atoms with Gasteiger partial charge in [-0.15, -0.1) is 11.8 Å². The van der Waals surface area contributed by atoms with Crippen LogP contribution in [0.15, 0.2) is 11.0 Å². The van der Waals surface area contributed by atoms with Crippen molar-refractivity contribution in [3.8, 4) is 0 Å². The lowest BCUT2D eigenvalue weighted by Gasteiger charge is -2.25. The van der Waals surface area contributed by atoms with Crippen LogP contribution in [0.1, 0.15) is 64.7 Å². The number of rotatable bonds is 8. The van der Waals surface area contributed by atoms with Gasteiger partial charge in [-0.2, -0.15) is 0 Å². The number of unbranched alkanes of at least 4 members (excludes halogenated alkanes) is 3. The van der Waals surface area contributed by atoms with Gasteiger partial charge in [0.15, 0.2) is 0 Å². The lowest BCUT2D eigenvalue weighted by molar-refractivity contribution is -0.137. The van der Waals surface area contributed by atoms with E-state index >= 15 is 0 Å². The Bertz CT molecular complexity index is 400. The molecule has 0 radical (unpaired) electrons. The van der Waals surface area contributed by atoms with E-state index in [1.54, 1.807) is 17.8 Å². The summed E-state index contributed by atoms with van der Waals surface area (Å²) in [6.07, 6.45) is 12.5. The summed E-state index contributed by atoms with van der Waals surface area (Å²) in [4.78, 5) is 26.5. The summed E-state index contributed by atoms with van der Waals surface area (Å²) in [5, 5.41) is 0. The minimum Gasteiger partial charge on any atom is -0.274 e. The molecule has 4 heteroatoms. The van der Waals surface area contributed by atoms with Crippen molar-refractivity contribution < 1.29 is 9.59 Å². The summed E-state index contributed by atoms with van der Waals surface area (Å²) < 4.78 is 0. The summed E-state index contributed by atoms with van der Waals surface area (Å²) in [7, 11) is 0. The molecule has 0 bridgehead atoms. The molecule has 0 aromatic carbocycles. The van der Waals surface area contributed by atoms with E-state index in [1.807, 2.05) is 0 Å². The van der Waals surface area contributed by atoms with Crippen molar-refractivity contribution >= 4 is 23.6 Å². The van der Waals surface area contributed by atoms with Gasteiger partial charge >= 0.3 is 0 Å². The third-order valence-corrected chi connectivity index (χ3v) is 5.49. The van der Waals surface area contributed by atoms with E-state index in [-0.39, 0.29) is 11.8 Å². The van der Waals surface area contributed by atoms with Gasteiger partial charge in [0.05, 0.1) is 4.91 Å². The fraction of sp³-hybridized carbons (Fsp3) is 0.765. The van der Waals surface area contributed by atoms with Gasteiger partial charge in [-0.1, -0.05) is 45.4 Å². The van der Waals surface area contributed by atoms with E-state index in [2.05, 4.69) is 6.92 Å². The molecule has 0 saturated heterocycles. The van der Waals surface area contributed by atoms with Crippen LogP contribution in [-0.2, 0) is 9.59 Å². The van der Waals surface area contributed by atoms with Crippen molar-refractivity contribution in [1.82, 2.24) is 4.90 Å². The van der Waals surface area contributed by atoms with Crippen LogP contribution < -0.4 is 0 Å². The first kappa shape index (κ1) is 16.6. The van der Waals surface area contributed by atoms with E-state index in [9.17, 15) is 9.59 Å². The highest BCUT2D eigenvalue weighted by Crippen LogP contribution is 2.29. The third kappa shape index (κ3) is 4.87. The molecule has 0 atom stereocenters. The van der Waals surface area contributed by atoms with Crippen LogP contribution in [0.3, 0.4) is 0 Å². The summed E-state index contributed by atoms with van der Waals surface area (Å²) in [6, 6.07) is 0. The molecule has 0 unspecified atom stereocenters. The number of carbonyl (C=O) groups excluding carboxylic acids is 2. The second-order valence-electron chi connectivity index (χ2n) is 6.18. The molecule has 1 saturated carbocycles. The lowest BCUT2D eigenvalue weighted by atomic mass is 9.89. The Kier molecular flexibility index (Phi) is 6.81. The van der Waals surface area contributed by atoms with Gasteiger partial charge < -0.3 is 0 Å². The molecule has 3 nitrogen and oxygen atoms in total. The van der Waals surface area contributed by atoms with Gasteiger partial charge in [0.2, 0.25) is 0 Å². The highest BCUT2D eigenvalue weighted by molar-refractivity contribution is 8.04. The molecule has 0 spiro atoms. The van der Waals surface area contributed by atoms with E-state index in [0.29, 0.717) is 17.4 Å².